The highest BCUT2D eigenvalue weighted by molar-refractivity contribution is 6.01. The third kappa shape index (κ3) is 3.66. The molecule has 2 aromatic rings. The Morgan fingerprint density at radius 1 is 1.38 bits per heavy atom. The normalized spacial score (nSPS) is 15.0. The molecule has 0 saturated carbocycles. The molecule has 0 fully saturated rings. The summed E-state index contributed by atoms with van der Waals surface area (Å²) in [6.07, 6.45) is 1.74. The summed E-state index contributed by atoms with van der Waals surface area (Å²) in [5, 5.41) is 3.08. The Bertz CT molecular complexity index is 877. The fraction of sp³-hybridized carbons (Fsp3) is 0.368. The summed E-state index contributed by atoms with van der Waals surface area (Å²) in [4.78, 5) is 32.9. The summed E-state index contributed by atoms with van der Waals surface area (Å²) in [5.41, 5.74) is 0.862. The number of benzene rings is 1. The van der Waals surface area contributed by atoms with Crippen LogP contribution < -0.4 is 10.1 Å². The second kappa shape index (κ2) is 6.74. The lowest BCUT2D eigenvalue weighted by Crippen LogP contribution is -2.35. The average molecular weight is 355 g/mol. The molecule has 3 rings (SSSR count). The molecule has 2 heterocycles. The molecule has 26 heavy (non-hydrogen) atoms. The van der Waals surface area contributed by atoms with Crippen molar-refractivity contribution in [2.75, 3.05) is 11.9 Å². The Labute approximate surface area is 151 Å². The number of carbonyl (C=O) groups excluding carboxylic acids is 2. The maximum Gasteiger partial charge on any atom is 0.343 e. The first kappa shape index (κ1) is 17.8. The molecule has 136 valence electrons. The molecule has 0 atom stereocenters. The molecule has 7 heteroatoms. The number of aromatic nitrogens is 2. The smallest absolute Gasteiger partial charge is 0.343 e. The van der Waals surface area contributed by atoms with Crippen molar-refractivity contribution >= 4 is 23.3 Å². The van der Waals surface area contributed by atoms with Gasteiger partial charge in [-0.1, -0.05) is 0 Å². The highest BCUT2D eigenvalue weighted by atomic mass is 16.5. The van der Waals surface area contributed by atoms with Crippen molar-refractivity contribution in [2.45, 2.75) is 39.7 Å². The lowest BCUT2D eigenvalue weighted by atomic mass is 9.93. The van der Waals surface area contributed by atoms with Crippen molar-refractivity contribution in [2.24, 2.45) is 0 Å². The number of fused-ring (bicyclic) bond motifs is 1. The van der Waals surface area contributed by atoms with Crippen molar-refractivity contribution in [3.8, 4) is 5.75 Å². The molecule has 1 aliphatic rings. The van der Waals surface area contributed by atoms with Crippen LogP contribution in [0.2, 0.25) is 0 Å². The molecule has 0 aliphatic carbocycles. The summed E-state index contributed by atoms with van der Waals surface area (Å²) in [7, 11) is 0. The molecule has 1 N–H and O–H groups in total. The molecule has 0 radical (unpaired) electrons. The summed E-state index contributed by atoms with van der Waals surface area (Å²) in [6.45, 7) is 7.49. The van der Waals surface area contributed by atoms with Gasteiger partial charge in [-0.15, -0.1) is 0 Å². The van der Waals surface area contributed by atoms with Crippen LogP contribution in [0.15, 0.2) is 24.4 Å². The number of nitrogens with one attached hydrogen (secondary N) is 1. The van der Waals surface area contributed by atoms with Gasteiger partial charge >= 0.3 is 5.97 Å². The first-order chi connectivity index (χ1) is 12.3. The number of ether oxygens (including phenoxy) is 2. The van der Waals surface area contributed by atoms with Gasteiger partial charge in [-0.2, -0.15) is 0 Å². The topological polar surface area (TPSA) is 90.4 Å². The third-order valence-corrected chi connectivity index (χ3v) is 3.92. The van der Waals surface area contributed by atoms with Gasteiger partial charge in [0.05, 0.1) is 18.6 Å². The van der Waals surface area contributed by atoms with Gasteiger partial charge in [-0.05, 0) is 45.9 Å². The largest absolute Gasteiger partial charge is 0.487 e. The number of rotatable bonds is 4. The minimum atomic E-state index is -0.514. The summed E-state index contributed by atoms with van der Waals surface area (Å²) in [6, 6.07) is 5.23. The maximum atomic E-state index is 12.4. The Kier molecular flexibility index (Phi) is 4.63. The van der Waals surface area contributed by atoms with E-state index in [-0.39, 0.29) is 18.0 Å². The molecule has 0 saturated heterocycles. The number of hydrogen-bond donors (Lipinski definition) is 1. The molecule has 1 aromatic carbocycles. The van der Waals surface area contributed by atoms with Crippen LogP contribution in [0.1, 0.15) is 53.7 Å². The number of ketones is 1. The van der Waals surface area contributed by atoms with Crippen LogP contribution in [-0.4, -0.2) is 33.9 Å². The molecule has 0 spiro atoms. The Morgan fingerprint density at radius 3 is 2.88 bits per heavy atom. The molecular weight excluding hydrogens is 334 g/mol. The standard InChI is InChI=1S/C19H21N3O4/c1-5-25-18(24)14-10-20-11(2)21-17(14)22-12-6-7-16-13(8-12)15(23)9-19(3,4)26-16/h6-8,10H,5,9H2,1-4H3,(H,20,21,22). The van der Waals surface area contributed by atoms with Crippen LogP contribution in [0, 0.1) is 6.92 Å². The van der Waals surface area contributed by atoms with Gasteiger partial charge < -0.3 is 14.8 Å². The first-order valence-electron chi connectivity index (χ1n) is 8.43. The van der Waals surface area contributed by atoms with Crippen LogP contribution in [-0.2, 0) is 4.74 Å². The van der Waals surface area contributed by atoms with E-state index in [0.717, 1.165) is 0 Å². The second-order valence-corrected chi connectivity index (χ2v) is 6.70. The number of nitrogens with zero attached hydrogens (tertiary/aromatic N) is 2. The lowest BCUT2D eigenvalue weighted by molar-refractivity contribution is 0.0525. The van der Waals surface area contributed by atoms with Crippen LogP contribution in [0.3, 0.4) is 0 Å². The van der Waals surface area contributed by atoms with Crippen molar-refractivity contribution in [1.29, 1.82) is 0 Å². The summed E-state index contributed by atoms with van der Waals surface area (Å²) < 4.78 is 10.9. The van der Waals surface area contributed by atoms with Gasteiger partial charge in [-0.25, -0.2) is 14.8 Å². The average Bonchev–Trinajstić information content (AvgIpc) is 2.55. The van der Waals surface area contributed by atoms with Gasteiger partial charge in [0.2, 0.25) is 0 Å². The van der Waals surface area contributed by atoms with E-state index in [1.165, 1.54) is 6.20 Å². The van der Waals surface area contributed by atoms with Crippen molar-refractivity contribution in [1.82, 2.24) is 9.97 Å². The van der Waals surface area contributed by atoms with E-state index in [1.807, 2.05) is 13.8 Å². The molecule has 1 aromatic heterocycles. The van der Waals surface area contributed by atoms with E-state index in [9.17, 15) is 9.59 Å². The summed E-state index contributed by atoms with van der Waals surface area (Å²) >= 11 is 0. The van der Waals surface area contributed by atoms with Gasteiger partial charge in [0.15, 0.2) is 5.78 Å². The van der Waals surface area contributed by atoms with E-state index in [1.54, 1.807) is 32.0 Å². The molecule has 0 unspecified atom stereocenters. The number of anilines is 2. The number of esters is 1. The summed E-state index contributed by atoms with van der Waals surface area (Å²) in [5.74, 6) is 0.917. The first-order valence-corrected chi connectivity index (χ1v) is 8.43. The fourth-order valence-electron chi connectivity index (χ4n) is 2.79. The minimum Gasteiger partial charge on any atom is -0.487 e. The number of Topliss-reactive ketones (excluding diaryl/α,β-unsaturated/α-hetero) is 1. The molecule has 0 amide bonds. The Hall–Kier alpha value is -2.96. The zero-order chi connectivity index (χ0) is 18.9. The third-order valence-electron chi connectivity index (χ3n) is 3.92. The highest BCUT2D eigenvalue weighted by Crippen LogP contribution is 2.35. The van der Waals surface area contributed by atoms with Crippen LogP contribution >= 0.6 is 0 Å². The van der Waals surface area contributed by atoms with E-state index < -0.39 is 11.6 Å². The number of carbonyl (C=O) groups is 2. The monoisotopic (exact) mass is 355 g/mol. The molecular formula is C19H21N3O4. The van der Waals surface area contributed by atoms with Crippen LogP contribution in [0.5, 0.6) is 5.75 Å². The molecule has 1 aliphatic heterocycles. The SMILES string of the molecule is CCOC(=O)c1cnc(C)nc1Nc1ccc2c(c1)C(=O)CC(C)(C)O2. The highest BCUT2D eigenvalue weighted by Gasteiger charge is 2.32. The van der Waals surface area contributed by atoms with Crippen LogP contribution in [0.4, 0.5) is 11.5 Å². The van der Waals surface area contributed by atoms with Gasteiger partial charge in [-0.3, -0.25) is 4.79 Å². The zero-order valence-corrected chi connectivity index (χ0v) is 15.3. The predicted molar refractivity (Wildman–Crippen MR) is 96.1 cm³/mol. The number of aryl methyl sites for hydroxylation is 1. The Morgan fingerprint density at radius 2 is 2.15 bits per heavy atom. The predicted octanol–water partition coefficient (Wildman–Crippen LogP) is 3.45. The Balaban J connectivity index is 1.93. The maximum absolute atomic E-state index is 12.4. The van der Waals surface area contributed by atoms with Crippen LogP contribution in [0.25, 0.3) is 0 Å². The van der Waals surface area contributed by atoms with Gasteiger partial charge in [0.1, 0.15) is 28.6 Å². The van der Waals surface area contributed by atoms with Crippen molar-refractivity contribution in [3.63, 3.8) is 0 Å². The molecule has 0 bridgehead atoms. The minimum absolute atomic E-state index is 0.0179. The fourth-order valence-corrected chi connectivity index (χ4v) is 2.79. The quantitative estimate of drug-likeness (QED) is 0.840. The van der Waals surface area contributed by atoms with E-state index in [0.29, 0.717) is 35.1 Å². The van der Waals surface area contributed by atoms with Gasteiger partial charge in [0.25, 0.3) is 0 Å². The van der Waals surface area contributed by atoms with E-state index in [2.05, 4.69) is 15.3 Å². The van der Waals surface area contributed by atoms with Gasteiger partial charge in [0, 0.05) is 11.9 Å². The number of hydrogen-bond acceptors (Lipinski definition) is 7. The molecule has 7 nitrogen and oxygen atoms in total. The second-order valence-electron chi connectivity index (χ2n) is 6.70. The van der Waals surface area contributed by atoms with Crippen molar-refractivity contribution < 1.29 is 19.1 Å². The lowest BCUT2D eigenvalue weighted by Gasteiger charge is -2.31. The zero-order valence-electron chi connectivity index (χ0n) is 15.3. The van der Waals surface area contributed by atoms with E-state index >= 15 is 0 Å². The van der Waals surface area contributed by atoms with E-state index in [4.69, 9.17) is 9.47 Å². The van der Waals surface area contributed by atoms with Crippen molar-refractivity contribution in [3.05, 3.63) is 41.3 Å².